The molecule has 3 atom stereocenters. The van der Waals surface area contributed by atoms with E-state index < -0.39 is 23.8 Å². The number of pyridine rings is 1. The Bertz CT molecular complexity index is 1080. The van der Waals surface area contributed by atoms with E-state index in [2.05, 4.69) is 15.6 Å². The number of hydrogen-bond donors (Lipinski definition) is 3. The van der Waals surface area contributed by atoms with E-state index in [1.165, 1.54) is 4.90 Å². The van der Waals surface area contributed by atoms with Gasteiger partial charge in [0.05, 0.1) is 0 Å². The fourth-order valence-corrected chi connectivity index (χ4v) is 4.29. The number of rotatable bonds is 6. The first-order valence-electron chi connectivity index (χ1n) is 12.3. The summed E-state index contributed by atoms with van der Waals surface area (Å²) in [5, 5.41) is 5.62. The molecule has 1 aromatic heterocycles. The second-order valence-electron chi connectivity index (χ2n) is 10.3. The number of carbonyl (C=O) groups excluding carboxylic acids is 3. The quantitative estimate of drug-likeness (QED) is 0.565. The van der Waals surface area contributed by atoms with Gasteiger partial charge in [0.15, 0.2) is 0 Å². The zero-order chi connectivity index (χ0) is 26.5. The maximum atomic E-state index is 13.4. The Morgan fingerprint density at radius 3 is 2.50 bits per heavy atom. The summed E-state index contributed by atoms with van der Waals surface area (Å²) in [7, 11) is 0. The molecule has 1 aromatic carbocycles. The molecule has 0 radical (unpaired) electrons. The van der Waals surface area contributed by atoms with Crippen LogP contribution in [0.4, 0.5) is 10.6 Å². The van der Waals surface area contributed by atoms with Crippen LogP contribution in [0.3, 0.4) is 0 Å². The molecular weight excluding hydrogens is 458 g/mol. The number of nitrogens with two attached hydrogens (primary N) is 1. The average Bonchev–Trinajstić information content (AvgIpc) is 2.82. The summed E-state index contributed by atoms with van der Waals surface area (Å²) < 4.78 is 5.57. The predicted octanol–water partition coefficient (Wildman–Crippen LogP) is 3.28. The third-order valence-corrected chi connectivity index (χ3v) is 6.23. The van der Waals surface area contributed by atoms with Crippen molar-refractivity contribution in [2.75, 3.05) is 12.3 Å². The van der Waals surface area contributed by atoms with E-state index >= 15 is 0 Å². The Kier molecular flexibility index (Phi) is 8.55. The van der Waals surface area contributed by atoms with Crippen molar-refractivity contribution in [2.24, 2.45) is 0 Å². The molecule has 0 unspecified atom stereocenters. The van der Waals surface area contributed by atoms with Crippen LogP contribution < -0.4 is 16.4 Å². The number of ether oxygens (including phenoxy) is 1. The fraction of sp³-hybridized carbons (Fsp3) is 0.481. The number of piperidine rings is 1. The lowest BCUT2D eigenvalue weighted by atomic mass is 9.85. The smallest absolute Gasteiger partial charge is 0.410 e. The molecule has 0 bridgehead atoms. The minimum absolute atomic E-state index is 0.116. The van der Waals surface area contributed by atoms with Crippen molar-refractivity contribution in [1.82, 2.24) is 20.5 Å². The largest absolute Gasteiger partial charge is 0.444 e. The number of nitrogens with one attached hydrogen (secondary N) is 2. The van der Waals surface area contributed by atoms with Gasteiger partial charge in [-0.2, -0.15) is 0 Å². The monoisotopic (exact) mass is 495 g/mol. The number of benzene rings is 1. The van der Waals surface area contributed by atoms with E-state index in [0.717, 1.165) is 23.2 Å². The van der Waals surface area contributed by atoms with Crippen molar-refractivity contribution in [1.29, 1.82) is 0 Å². The van der Waals surface area contributed by atoms with Crippen molar-refractivity contribution in [3.8, 4) is 0 Å². The van der Waals surface area contributed by atoms with Crippen LogP contribution in [0.2, 0.25) is 0 Å². The number of likely N-dealkylation sites (tertiary alicyclic amines) is 1. The topological polar surface area (TPSA) is 127 Å². The molecule has 9 nitrogen and oxygen atoms in total. The lowest BCUT2D eigenvalue weighted by molar-refractivity contribution is -0.132. The Morgan fingerprint density at radius 1 is 1.17 bits per heavy atom. The molecule has 1 fully saturated rings. The Labute approximate surface area is 212 Å². The van der Waals surface area contributed by atoms with E-state index in [4.69, 9.17) is 10.5 Å². The number of nitrogens with zero attached hydrogens (tertiary/aromatic N) is 2. The highest BCUT2D eigenvalue weighted by Gasteiger charge is 2.39. The van der Waals surface area contributed by atoms with Crippen LogP contribution in [0.1, 0.15) is 63.3 Å². The van der Waals surface area contributed by atoms with Gasteiger partial charge >= 0.3 is 6.09 Å². The van der Waals surface area contributed by atoms with Gasteiger partial charge in [-0.05, 0) is 70.6 Å². The number of amides is 3. The van der Waals surface area contributed by atoms with Crippen molar-refractivity contribution in [3.05, 3.63) is 59.3 Å². The van der Waals surface area contributed by atoms with Crippen LogP contribution in [-0.4, -0.2) is 52.0 Å². The summed E-state index contributed by atoms with van der Waals surface area (Å²) in [6, 6.07) is 11.9. The van der Waals surface area contributed by atoms with Crippen molar-refractivity contribution < 1.29 is 19.1 Å². The molecule has 0 aliphatic carbocycles. The summed E-state index contributed by atoms with van der Waals surface area (Å²) in [5.74, 6) is -0.182. The highest BCUT2D eigenvalue weighted by molar-refractivity contribution is 5.91. The normalized spacial score (nSPS) is 18.8. The van der Waals surface area contributed by atoms with Crippen LogP contribution in [0, 0.1) is 6.92 Å². The molecule has 3 amide bonds. The number of hydrogen-bond acceptors (Lipinski definition) is 6. The highest BCUT2D eigenvalue weighted by atomic mass is 16.6. The maximum Gasteiger partial charge on any atom is 0.410 e. The third-order valence-electron chi connectivity index (χ3n) is 6.23. The molecule has 1 aliphatic heterocycles. The molecule has 1 saturated heterocycles. The molecule has 2 aromatic rings. The molecule has 3 rings (SSSR count). The van der Waals surface area contributed by atoms with E-state index in [1.54, 1.807) is 33.8 Å². The first-order chi connectivity index (χ1) is 16.9. The standard InChI is InChI=1S/C27H37N5O4/c1-17-21(11-12-23(28)30-17)16-29-24(33)18(2)31-25(34)22-15-20(19-9-7-6-8-10-19)13-14-32(22)26(35)36-27(3,4)5/h6-12,18,20,22H,13-16H2,1-5H3,(H2,28,30)(H,29,33)(H,31,34)/t18-,20-,22+/m0/s1. The summed E-state index contributed by atoms with van der Waals surface area (Å²) >= 11 is 0. The van der Waals surface area contributed by atoms with Gasteiger partial charge in [-0.1, -0.05) is 36.4 Å². The van der Waals surface area contributed by atoms with Gasteiger partial charge in [0.2, 0.25) is 11.8 Å². The van der Waals surface area contributed by atoms with Gasteiger partial charge in [-0.15, -0.1) is 0 Å². The third kappa shape index (κ3) is 7.19. The molecule has 0 saturated carbocycles. The van der Waals surface area contributed by atoms with E-state index in [1.807, 2.05) is 43.3 Å². The van der Waals surface area contributed by atoms with Gasteiger partial charge in [-0.25, -0.2) is 9.78 Å². The van der Waals surface area contributed by atoms with Crippen molar-refractivity contribution in [3.63, 3.8) is 0 Å². The van der Waals surface area contributed by atoms with E-state index in [0.29, 0.717) is 18.8 Å². The Balaban J connectivity index is 1.68. The molecular formula is C27H37N5O4. The fourth-order valence-electron chi connectivity index (χ4n) is 4.29. The van der Waals surface area contributed by atoms with Gasteiger partial charge < -0.3 is 21.1 Å². The average molecular weight is 496 g/mol. The molecule has 9 heteroatoms. The number of aromatic nitrogens is 1. The zero-order valence-corrected chi connectivity index (χ0v) is 21.7. The van der Waals surface area contributed by atoms with Gasteiger partial charge in [-0.3, -0.25) is 14.5 Å². The summed E-state index contributed by atoms with van der Waals surface area (Å²) in [6.07, 6.45) is 0.634. The summed E-state index contributed by atoms with van der Waals surface area (Å²) in [6.45, 7) is 9.47. The second kappa shape index (κ2) is 11.4. The number of aryl methyl sites for hydroxylation is 1. The van der Waals surface area contributed by atoms with Crippen molar-refractivity contribution >= 4 is 23.7 Å². The lowest BCUT2D eigenvalue weighted by Gasteiger charge is -2.39. The SMILES string of the molecule is Cc1nc(N)ccc1CNC(=O)[C@H](C)NC(=O)[C@H]1C[C@@H](c2ccccc2)CCN1C(=O)OC(C)(C)C. The predicted molar refractivity (Wildman–Crippen MR) is 138 cm³/mol. The number of carbonyl (C=O) groups is 3. The van der Waals surface area contributed by atoms with E-state index in [9.17, 15) is 14.4 Å². The first kappa shape index (κ1) is 27.0. The number of nitrogen functional groups attached to an aromatic ring is 1. The Hall–Kier alpha value is -3.62. The van der Waals surface area contributed by atoms with Gasteiger partial charge in [0, 0.05) is 18.8 Å². The van der Waals surface area contributed by atoms with Crippen LogP contribution in [-0.2, 0) is 20.9 Å². The molecule has 0 spiro atoms. The molecule has 2 heterocycles. The van der Waals surface area contributed by atoms with Gasteiger partial charge in [0.1, 0.15) is 23.5 Å². The molecule has 4 N–H and O–H groups in total. The van der Waals surface area contributed by atoms with E-state index in [-0.39, 0.29) is 24.3 Å². The number of anilines is 1. The Morgan fingerprint density at radius 2 is 1.86 bits per heavy atom. The zero-order valence-electron chi connectivity index (χ0n) is 21.7. The summed E-state index contributed by atoms with van der Waals surface area (Å²) in [4.78, 5) is 44.7. The van der Waals surface area contributed by atoms with Crippen LogP contribution >= 0.6 is 0 Å². The van der Waals surface area contributed by atoms with Crippen molar-refractivity contribution in [2.45, 2.75) is 77.6 Å². The maximum absolute atomic E-state index is 13.4. The minimum atomic E-state index is -0.794. The van der Waals surface area contributed by atoms with Crippen LogP contribution in [0.15, 0.2) is 42.5 Å². The first-order valence-corrected chi connectivity index (χ1v) is 12.3. The van der Waals surface area contributed by atoms with Crippen LogP contribution in [0.5, 0.6) is 0 Å². The molecule has 36 heavy (non-hydrogen) atoms. The lowest BCUT2D eigenvalue weighted by Crippen LogP contribution is -2.57. The molecule has 194 valence electrons. The minimum Gasteiger partial charge on any atom is -0.444 e. The highest BCUT2D eigenvalue weighted by Crippen LogP contribution is 2.32. The van der Waals surface area contributed by atoms with Gasteiger partial charge in [0.25, 0.3) is 0 Å². The second-order valence-corrected chi connectivity index (χ2v) is 10.3. The molecule has 1 aliphatic rings. The van der Waals surface area contributed by atoms with Crippen LogP contribution in [0.25, 0.3) is 0 Å². The summed E-state index contributed by atoms with van der Waals surface area (Å²) in [5.41, 5.74) is 7.70.